The number of hydrogen-bond acceptors (Lipinski definition) is 4. The normalized spacial score (nSPS) is 16.2. The van der Waals surface area contributed by atoms with E-state index in [-0.39, 0.29) is 5.91 Å². The lowest BCUT2D eigenvalue weighted by Gasteiger charge is -2.45. The monoisotopic (exact) mass is 346 g/mol. The van der Waals surface area contributed by atoms with Crippen LogP contribution in [0.1, 0.15) is 35.3 Å². The zero-order valence-electron chi connectivity index (χ0n) is 14.4. The van der Waals surface area contributed by atoms with Gasteiger partial charge < -0.3 is 10.1 Å². The predicted octanol–water partition coefficient (Wildman–Crippen LogP) is 3.51. The first-order valence-corrected chi connectivity index (χ1v) is 8.75. The van der Waals surface area contributed by atoms with Gasteiger partial charge in [-0.15, -0.1) is 0 Å². The maximum absolute atomic E-state index is 13.0. The maximum atomic E-state index is 13.0. The summed E-state index contributed by atoms with van der Waals surface area (Å²) in [5.41, 5.74) is 3.57. The van der Waals surface area contributed by atoms with E-state index in [0.29, 0.717) is 11.4 Å². The van der Waals surface area contributed by atoms with Gasteiger partial charge in [-0.3, -0.25) is 14.5 Å². The number of nitrogens with one attached hydrogen (secondary N) is 1. The summed E-state index contributed by atoms with van der Waals surface area (Å²) in [6.45, 7) is 0. The molecule has 0 unspecified atom stereocenters. The number of nitrogens with zero attached hydrogens (tertiary/aromatic N) is 3. The Labute approximate surface area is 150 Å². The van der Waals surface area contributed by atoms with Crippen molar-refractivity contribution in [1.82, 2.24) is 14.8 Å². The summed E-state index contributed by atoms with van der Waals surface area (Å²) >= 11 is 0. The van der Waals surface area contributed by atoms with Crippen LogP contribution in [0.4, 0.5) is 5.69 Å². The molecule has 6 heteroatoms. The summed E-state index contributed by atoms with van der Waals surface area (Å²) in [5.74, 6) is 0.645. The smallest absolute Gasteiger partial charge is 0.276 e. The van der Waals surface area contributed by atoms with Crippen LogP contribution in [0.3, 0.4) is 0 Å². The molecule has 1 spiro atoms. The molecule has 0 saturated heterocycles. The number of hydrogen-bond donors (Lipinski definition) is 1. The highest BCUT2D eigenvalue weighted by Crippen LogP contribution is 2.54. The summed E-state index contributed by atoms with van der Waals surface area (Å²) in [7, 11) is 1.89. The van der Waals surface area contributed by atoms with E-state index < -0.39 is 5.60 Å². The maximum Gasteiger partial charge on any atom is 0.276 e. The van der Waals surface area contributed by atoms with E-state index in [9.17, 15) is 4.79 Å². The molecule has 1 fully saturated rings. The van der Waals surface area contributed by atoms with Crippen LogP contribution in [-0.2, 0) is 12.6 Å². The van der Waals surface area contributed by atoms with Crippen LogP contribution in [0.15, 0.2) is 48.8 Å². The number of aryl methyl sites for hydroxylation is 1. The van der Waals surface area contributed by atoms with Gasteiger partial charge in [-0.2, -0.15) is 5.10 Å². The first kappa shape index (κ1) is 15.1. The Morgan fingerprint density at radius 1 is 1.19 bits per heavy atom. The number of benzene rings is 1. The third kappa shape index (κ3) is 2.08. The Balaban J connectivity index is 1.65. The van der Waals surface area contributed by atoms with Gasteiger partial charge in [0.2, 0.25) is 0 Å². The van der Waals surface area contributed by atoms with Gasteiger partial charge in [0, 0.05) is 30.7 Å². The molecule has 2 aliphatic rings. The first-order chi connectivity index (χ1) is 12.7. The van der Waals surface area contributed by atoms with Crippen molar-refractivity contribution in [2.45, 2.75) is 24.9 Å². The van der Waals surface area contributed by atoms with E-state index in [1.165, 1.54) is 0 Å². The molecule has 3 aromatic rings. The highest BCUT2D eigenvalue weighted by atomic mass is 16.5. The number of carbonyl (C=O) groups excluding carboxylic acids is 1. The van der Waals surface area contributed by atoms with E-state index in [0.717, 1.165) is 41.8 Å². The van der Waals surface area contributed by atoms with Crippen molar-refractivity contribution in [2.24, 2.45) is 7.05 Å². The number of ether oxygens (including phenoxy) is 1. The van der Waals surface area contributed by atoms with Crippen LogP contribution in [0.2, 0.25) is 0 Å². The van der Waals surface area contributed by atoms with Gasteiger partial charge in [0.05, 0.1) is 11.3 Å². The third-order valence-electron chi connectivity index (χ3n) is 5.26. The Kier molecular flexibility index (Phi) is 3.16. The average Bonchev–Trinajstić information content (AvgIpc) is 2.99. The second-order valence-electron chi connectivity index (χ2n) is 6.83. The van der Waals surface area contributed by atoms with Gasteiger partial charge in [0.25, 0.3) is 5.91 Å². The van der Waals surface area contributed by atoms with Gasteiger partial charge in [-0.1, -0.05) is 12.1 Å². The van der Waals surface area contributed by atoms with E-state index in [4.69, 9.17) is 4.74 Å². The van der Waals surface area contributed by atoms with Crippen LogP contribution in [0.5, 0.6) is 5.75 Å². The fourth-order valence-electron chi connectivity index (χ4n) is 3.91. The molecule has 1 aliphatic heterocycles. The molecular weight excluding hydrogens is 328 g/mol. The molecule has 1 saturated carbocycles. The molecule has 1 aliphatic carbocycles. The molecule has 1 amide bonds. The molecule has 5 rings (SSSR count). The van der Waals surface area contributed by atoms with Crippen molar-refractivity contribution in [1.29, 1.82) is 0 Å². The standard InChI is InChI=1S/C20H18N4O2/c1-24-18-14-5-2-3-6-15(14)26-20(9-4-10-20)16(18)17(23-24)19(25)22-13-7-11-21-12-8-13/h2-3,5-8,11-12H,4,9-10H2,1H3,(H,21,22,25). The molecule has 0 atom stereocenters. The Hall–Kier alpha value is -3.15. The van der Waals surface area contributed by atoms with Gasteiger partial charge in [-0.05, 0) is 43.5 Å². The summed E-state index contributed by atoms with van der Waals surface area (Å²) in [5, 5.41) is 7.49. The second kappa shape index (κ2) is 5.42. The Morgan fingerprint density at radius 2 is 1.96 bits per heavy atom. The van der Waals surface area contributed by atoms with Crippen molar-refractivity contribution in [3.8, 4) is 17.0 Å². The van der Waals surface area contributed by atoms with Crippen molar-refractivity contribution >= 4 is 11.6 Å². The minimum Gasteiger partial charge on any atom is -0.482 e. The molecule has 2 aromatic heterocycles. The number of rotatable bonds is 2. The van der Waals surface area contributed by atoms with Crippen LogP contribution >= 0.6 is 0 Å². The molecule has 3 heterocycles. The lowest BCUT2D eigenvalue weighted by Crippen LogP contribution is -2.43. The number of carbonyl (C=O) groups is 1. The lowest BCUT2D eigenvalue weighted by atomic mass is 9.71. The lowest BCUT2D eigenvalue weighted by molar-refractivity contribution is -0.0150. The number of amides is 1. The van der Waals surface area contributed by atoms with Crippen LogP contribution in [0.25, 0.3) is 11.3 Å². The van der Waals surface area contributed by atoms with Crippen molar-refractivity contribution in [3.05, 3.63) is 60.0 Å². The first-order valence-electron chi connectivity index (χ1n) is 8.75. The van der Waals surface area contributed by atoms with Crippen LogP contribution < -0.4 is 10.1 Å². The number of para-hydroxylation sites is 1. The predicted molar refractivity (Wildman–Crippen MR) is 97.0 cm³/mol. The summed E-state index contributed by atoms with van der Waals surface area (Å²) in [6, 6.07) is 11.5. The Bertz CT molecular complexity index is 1010. The van der Waals surface area contributed by atoms with E-state index in [1.54, 1.807) is 29.2 Å². The number of pyridine rings is 1. The Morgan fingerprint density at radius 3 is 2.69 bits per heavy atom. The largest absolute Gasteiger partial charge is 0.482 e. The zero-order chi connectivity index (χ0) is 17.7. The summed E-state index contributed by atoms with van der Waals surface area (Å²) in [6.07, 6.45) is 6.18. The fourth-order valence-corrected chi connectivity index (χ4v) is 3.91. The topological polar surface area (TPSA) is 69.0 Å². The number of aromatic nitrogens is 3. The SMILES string of the molecule is Cn1nc(C(=O)Nc2ccncc2)c2c1-c1ccccc1OC21CCC1. The van der Waals surface area contributed by atoms with Crippen molar-refractivity contribution in [2.75, 3.05) is 5.32 Å². The van der Waals surface area contributed by atoms with E-state index in [2.05, 4.69) is 15.4 Å². The highest BCUT2D eigenvalue weighted by Gasteiger charge is 2.50. The van der Waals surface area contributed by atoms with Crippen LogP contribution in [-0.4, -0.2) is 20.7 Å². The van der Waals surface area contributed by atoms with Gasteiger partial charge in [0.1, 0.15) is 11.4 Å². The van der Waals surface area contributed by atoms with E-state index >= 15 is 0 Å². The zero-order valence-corrected chi connectivity index (χ0v) is 14.4. The van der Waals surface area contributed by atoms with Crippen LogP contribution in [0, 0.1) is 0 Å². The molecule has 1 aromatic carbocycles. The summed E-state index contributed by atoms with van der Waals surface area (Å²) < 4.78 is 8.20. The minimum absolute atomic E-state index is 0.220. The third-order valence-corrected chi connectivity index (χ3v) is 5.26. The summed E-state index contributed by atoms with van der Waals surface area (Å²) in [4.78, 5) is 17.0. The average molecular weight is 346 g/mol. The molecule has 0 bridgehead atoms. The second-order valence-corrected chi connectivity index (χ2v) is 6.83. The van der Waals surface area contributed by atoms with Gasteiger partial charge in [0.15, 0.2) is 5.69 Å². The van der Waals surface area contributed by atoms with Crippen molar-refractivity contribution < 1.29 is 9.53 Å². The quantitative estimate of drug-likeness (QED) is 0.771. The molecule has 130 valence electrons. The minimum atomic E-state index is -0.442. The van der Waals surface area contributed by atoms with Gasteiger partial charge >= 0.3 is 0 Å². The number of fused-ring (bicyclic) bond motifs is 4. The molecule has 1 N–H and O–H groups in total. The number of anilines is 1. The van der Waals surface area contributed by atoms with E-state index in [1.807, 2.05) is 31.3 Å². The molecule has 26 heavy (non-hydrogen) atoms. The molecule has 0 radical (unpaired) electrons. The highest BCUT2D eigenvalue weighted by molar-refractivity contribution is 6.05. The molecule has 6 nitrogen and oxygen atoms in total. The molecular formula is C20H18N4O2. The fraction of sp³-hybridized carbons (Fsp3) is 0.250. The van der Waals surface area contributed by atoms with Gasteiger partial charge in [-0.25, -0.2) is 0 Å². The van der Waals surface area contributed by atoms with Crippen molar-refractivity contribution in [3.63, 3.8) is 0 Å².